The average Bonchev–Trinajstić information content (AvgIpc) is 3.53. The van der Waals surface area contributed by atoms with Crippen molar-refractivity contribution in [3.63, 3.8) is 0 Å². The highest BCUT2D eigenvalue weighted by atomic mass is 35.5. The molecule has 0 spiro atoms. The number of hydrogen-bond donors (Lipinski definition) is 1. The van der Waals surface area contributed by atoms with Crippen LogP contribution in [0, 0.1) is 0 Å². The number of nitrogens with one attached hydrogen (secondary N) is 1. The zero-order valence-electron chi connectivity index (χ0n) is 18.1. The molecule has 172 valence electrons. The van der Waals surface area contributed by atoms with Gasteiger partial charge in [0.1, 0.15) is 4.90 Å². The summed E-state index contributed by atoms with van der Waals surface area (Å²) in [6.07, 6.45) is 4.14. The first-order valence-electron chi connectivity index (χ1n) is 10.7. The lowest BCUT2D eigenvalue weighted by Crippen LogP contribution is -2.30. The zero-order chi connectivity index (χ0) is 23.7. The molecule has 0 fully saturated rings. The Morgan fingerprint density at radius 2 is 1.76 bits per heavy atom. The number of rotatable bonds is 6. The lowest BCUT2D eigenvalue weighted by atomic mass is 10.1. The number of amides is 1. The van der Waals surface area contributed by atoms with Gasteiger partial charge >= 0.3 is 0 Å². The van der Waals surface area contributed by atoms with Crippen LogP contribution in [-0.4, -0.2) is 30.7 Å². The number of nitrogens with zero attached hydrogens (tertiary/aromatic N) is 3. The molecule has 9 heteroatoms. The fourth-order valence-electron chi connectivity index (χ4n) is 4.09. The first-order chi connectivity index (χ1) is 16.4. The molecule has 1 N–H and O–H groups in total. The summed E-state index contributed by atoms with van der Waals surface area (Å²) < 4.78 is 30.0. The summed E-state index contributed by atoms with van der Waals surface area (Å²) in [5, 5.41) is 7.20. The van der Waals surface area contributed by atoms with Crippen molar-refractivity contribution < 1.29 is 13.2 Å². The van der Waals surface area contributed by atoms with Crippen LogP contribution in [0.2, 0.25) is 5.02 Å². The van der Waals surface area contributed by atoms with Gasteiger partial charge in [0.25, 0.3) is 15.9 Å². The van der Waals surface area contributed by atoms with E-state index in [0.29, 0.717) is 18.7 Å². The van der Waals surface area contributed by atoms with Gasteiger partial charge in [-0.05, 0) is 53.9 Å². The smallest absolute Gasteiger partial charge is 0.265 e. The third-order valence-electron chi connectivity index (χ3n) is 5.79. The highest BCUT2D eigenvalue weighted by Crippen LogP contribution is 2.35. The monoisotopic (exact) mass is 492 g/mol. The van der Waals surface area contributed by atoms with Gasteiger partial charge in [-0.3, -0.25) is 9.10 Å². The number of fused-ring (bicyclic) bond motifs is 1. The second-order valence-corrected chi connectivity index (χ2v) is 10.1. The standard InChI is InChI=1S/C25H21ClN4O3S/c26-21-11-10-19(16-24(21)34(32,33)30-15-12-18-6-1-4-9-23(18)30)25(31)27-17-20-7-2-3-8-22(20)29-14-5-13-28-29/h1-11,13-14,16H,12,15,17H2,(H,27,31). The van der Waals surface area contributed by atoms with Crippen LogP contribution < -0.4 is 9.62 Å². The summed E-state index contributed by atoms with van der Waals surface area (Å²) in [6.45, 7) is 0.581. The molecular weight excluding hydrogens is 472 g/mol. The normalized spacial score (nSPS) is 13.0. The third-order valence-corrected chi connectivity index (χ3v) is 8.08. The summed E-state index contributed by atoms with van der Waals surface area (Å²) in [6, 6.07) is 21.1. The van der Waals surface area contributed by atoms with Gasteiger partial charge in [0.2, 0.25) is 0 Å². The maximum absolute atomic E-state index is 13.4. The highest BCUT2D eigenvalue weighted by molar-refractivity contribution is 7.93. The minimum Gasteiger partial charge on any atom is -0.348 e. The van der Waals surface area contributed by atoms with Crippen molar-refractivity contribution in [3.05, 3.63) is 107 Å². The Morgan fingerprint density at radius 1 is 1.00 bits per heavy atom. The molecule has 4 aromatic rings. The van der Waals surface area contributed by atoms with Crippen LogP contribution in [0.3, 0.4) is 0 Å². The van der Waals surface area contributed by atoms with Gasteiger partial charge in [-0.15, -0.1) is 0 Å². The van der Waals surface area contributed by atoms with Crippen molar-refractivity contribution in [2.75, 3.05) is 10.8 Å². The van der Waals surface area contributed by atoms with Gasteiger partial charge in [-0.2, -0.15) is 5.10 Å². The maximum atomic E-state index is 13.4. The Labute approximate surface area is 202 Å². The third kappa shape index (κ3) is 4.06. The van der Waals surface area contributed by atoms with E-state index in [1.54, 1.807) is 23.0 Å². The number of carbonyl (C=O) groups excluding carboxylic acids is 1. The molecule has 0 aliphatic carbocycles. The van der Waals surface area contributed by atoms with Crippen molar-refractivity contribution in [2.24, 2.45) is 0 Å². The Kier molecular flexibility index (Phi) is 5.85. The van der Waals surface area contributed by atoms with Crippen LogP contribution in [0.4, 0.5) is 5.69 Å². The van der Waals surface area contributed by atoms with Crippen molar-refractivity contribution in [1.29, 1.82) is 0 Å². The average molecular weight is 493 g/mol. The number of hydrogen-bond acceptors (Lipinski definition) is 4. The quantitative estimate of drug-likeness (QED) is 0.437. The van der Waals surface area contributed by atoms with Crippen LogP contribution in [-0.2, 0) is 23.0 Å². The predicted octanol–water partition coefficient (Wildman–Crippen LogP) is 4.21. The SMILES string of the molecule is O=C(NCc1ccccc1-n1cccn1)c1ccc(Cl)c(S(=O)(=O)N2CCc3ccccc32)c1. The molecule has 0 radical (unpaired) electrons. The summed E-state index contributed by atoms with van der Waals surface area (Å²) in [4.78, 5) is 12.9. The van der Waals surface area contributed by atoms with E-state index in [1.807, 2.05) is 48.7 Å². The van der Waals surface area contributed by atoms with Gasteiger partial charge in [-0.1, -0.05) is 48.0 Å². The van der Waals surface area contributed by atoms with Gasteiger partial charge in [0, 0.05) is 31.0 Å². The molecule has 1 amide bonds. The van der Waals surface area contributed by atoms with Crippen LogP contribution in [0.1, 0.15) is 21.5 Å². The molecule has 1 aliphatic rings. The second kappa shape index (κ2) is 8.96. The number of benzene rings is 3. The predicted molar refractivity (Wildman–Crippen MR) is 131 cm³/mol. The zero-order valence-corrected chi connectivity index (χ0v) is 19.6. The largest absolute Gasteiger partial charge is 0.348 e. The van der Waals surface area contributed by atoms with Crippen LogP contribution in [0.25, 0.3) is 5.69 Å². The number of anilines is 1. The topological polar surface area (TPSA) is 84.3 Å². The molecule has 0 unspecified atom stereocenters. The number of aromatic nitrogens is 2. The highest BCUT2D eigenvalue weighted by Gasteiger charge is 2.32. The van der Waals surface area contributed by atoms with Crippen LogP contribution in [0.5, 0.6) is 0 Å². The summed E-state index contributed by atoms with van der Waals surface area (Å²) in [5.41, 5.74) is 3.54. The number of sulfonamides is 1. The van der Waals surface area contributed by atoms with E-state index in [-0.39, 0.29) is 22.0 Å². The lowest BCUT2D eigenvalue weighted by molar-refractivity contribution is 0.0950. The molecule has 0 bridgehead atoms. The molecule has 0 saturated heterocycles. The van der Waals surface area contributed by atoms with Gasteiger partial charge < -0.3 is 5.32 Å². The van der Waals surface area contributed by atoms with E-state index in [0.717, 1.165) is 16.8 Å². The van der Waals surface area contributed by atoms with Gasteiger partial charge in [0.05, 0.1) is 16.4 Å². The number of carbonyl (C=O) groups is 1. The number of halogens is 1. The maximum Gasteiger partial charge on any atom is 0.265 e. The summed E-state index contributed by atoms with van der Waals surface area (Å²) in [5.74, 6) is -0.398. The molecule has 1 aliphatic heterocycles. The van der Waals surface area contributed by atoms with E-state index in [9.17, 15) is 13.2 Å². The van der Waals surface area contributed by atoms with Gasteiger partial charge in [0.15, 0.2) is 0 Å². The van der Waals surface area contributed by atoms with E-state index in [1.165, 1.54) is 22.5 Å². The van der Waals surface area contributed by atoms with Crippen LogP contribution >= 0.6 is 11.6 Å². The molecular formula is C25H21ClN4O3S. The van der Waals surface area contributed by atoms with Crippen molar-refractivity contribution in [2.45, 2.75) is 17.9 Å². The Balaban J connectivity index is 1.39. The first kappa shape index (κ1) is 22.2. The number of para-hydroxylation sites is 2. The molecule has 0 saturated carbocycles. The van der Waals surface area contributed by atoms with Crippen LogP contribution in [0.15, 0.2) is 90.1 Å². The van der Waals surface area contributed by atoms with E-state index in [2.05, 4.69) is 10.4 Å². The molecule has 5 rings (SSSR count). The molecule has 2 heterocycles. The first-order valence-corrected chi connectivity index (χ1v) is 12.5. The Hall–Kier alpha value is -3.62. The summed E-state index contributed by atoms with van der Waals surface area (Å²) >= 11 is 6.29. The van der Waals surface area contributed by atoms with Crippen molar-refractivity contribution in [1.82, 2.24) is 15.1 Å². The minimum absolute atomic E-state index is 0.0740. The lowest BCUT2D eigenvalue weighted by Gasteiger charge is -2.20. The Morgan fingerprint density at radius 3 is 2.56 bits per heavy atom. The van der Waals surface area contributed by atoms with Gasteiger partial charge in [-0.25, -0.2) is 13.1 Å². The molecule has 0 atom stereocenters. The van der Waals surface area contributed by atoms with Crippen molar-refractivity contribution >= 4 is 33.2 Å². The second-order valence-electron chi connectivity index (χ2n) is 7.86. The van der Waals surface area contributed by atoms with Crippen molar-refractivity contribution in [3.8, 4) is 5.69 Å². The molecule has 3 aromatic carbocycles. The van der Waals surface area contributed by atoms with E-state index >= 15 is 0 Å². The minimum atomic E-state index is -3.93. The summed E-state index contributed by atoms with van der Waals surface area (Å²) in [7, 11) is -3.93. The molecule has 34 heavy (non-hydrogen) atoms. The fraction of sp³-hybridized carbons (Fsp3) is 0.120. The molecule has 1 aromatic heterocycles. The fourth-order valence-corrected chi connectivity index (χ4v) is 6.10. The van der Waals surface area contributed by atoms with E-state index < -0.39 is 15.9 Å². The van der Waals surface area contributed by atoms with E-state index in [4.69, 9.17) is 11.6 Å². The molecule has 7 nitrogen and oxygen atoms in total. The Bertz CT molecular complexity index is 1470.